The molecule has 6 heteroatoms. The predicted octanol–water partition coefficient (Wildman–Crippen LogP) is 3.20. The zero-order valence-corrected chi connectivity index (χ0v) is 12.0. The third-order valence-corrected chi connectivity index (χ3v) is 2.69. The van der Waals surface area contributed by atoms with Crippen LogP contribution in [0, 0.1) is 0 Å². The van der Waals surface area contributed by atoms with Crippen molar-refractivity contribution in [3.8, 4) is 0 Å². The Labute approximate surface area is 122 Å². The molecule has 0 spiro atoms. The number of hydrogen-bond donors (Lipinski definition) is 2. The van der Waals surface area contributed by atoms with Crippen LogP contribution >= 0.6 is 11.6 Å². The third kappa shape index (κ3) is 3.68. The fourth-order valence-electron chi connectivity index (χ4n) is 1.68. The van der Waals surface area contributed by atoms with E-state index in [1.165, 1.54) is 0 Å². The van der Waals surface area contributed by atoms with Gasteiger partial charge in [-0.15, -0.1) is 10.2 Å². The second kappa shape index (κ2) is 6.34. The van der Waals surface area contributed by atoms with Gasteiger partial charge in [0.15, 0.2) is 11.0 Å². The highest BCUT2D eigenvalue weighted by molar-refractivity contribution is 6.29. The Morgan fingerprint density at radius 1 is 1.15 bits per heavy atom. The summed E-state index contributed by atoms with van der Waals surface area (Å²) >= 11 is 5.65. The zero-order chi connectivity index (χ0) is 14.5. The van der Waals surface area contributed by atoms with Gasteiger partial charge in [0.25, 0.3) is 5.91 Å². The second-order valence-corrected chi connectivity index (χ2v) is 4.93. The van der Waals surface area contributed by atoms with Gasteiger partial charge >= 0.3 is 0 Å². The van der Waals surface area contributed by atoms with Crippen LogP contribution in [0.4, 0.5) is 11.5 Å². The standard InChI is InChI=1S/C14H15ClN4O/c1-9(2)16-11-6-4-3-5-10(11)14(20)17-13-8-7-12(15)18-19-13/h3-9,16H,1-2H3,(H,17,19,20). The van der Waals surface area contributed by atoms with Crippen molar-refractivity contribution in [3.63, 3.8) is 0 Å². The topological polar surface area (TPSA) is 66.9 Å². The van der Waals surface area contributed by atoms with E-state index >= 15 is 0 Å². The molecular formula is C14H15ClN4O. The molecule has 1 amide bonds. The maximum Gasteiger partial charge on any atom is 0.258 e. The van der Waals surface area contributed by atoms with Crippen LogP contribution in [0.25, 0.3) is 0 Å². The summed E-state index contributed by atoms with van der Waals surface area (Å²) in [6, 6.07) is 10.7. The van der Waals surface area contributed by atoms with Crippen molar-refractivity contribution in [1.29, 1.82) is 0 Å². The van der Waals surface area contributed by atoms with Gasteiger partial charge in [-0.25, -0.2) is 0 Å². The first-order chi connectivity index (χ1) is 9.56. The van der Waals surface area contributed by atoms with Gasteiger partial charge in [-0.3, -0.25) is 4.79 Å². The number of nitrogens with one attached hydrogen (secondary N) is 2. The first kappa shape index (κ1) is 14.3. The number of carbonyl (C=O) groups is 1. The van der Waals surface area contributed by atoms with E-state index in [0.29, 0.717) is 11.4 Å². The Hall–Kier alpha value is -2.14. The number of amides is 1. The van der Waals surface area contributed by atoms with Crippen LogP contribution in [0.5, 0.6) is 0 Å². The van der Waals surface area contributed by atoms with Gasteiger partial charge in [0.1, 0.15) is 0 Å². The molecule has 2 N–H and O–H groups in total. The summed E-state index contributed by atoms with van der Waals surface area (Å²) in [5.74, 6) is 0.115. The highest BCUT2D eigenvalue weighted by Crippen LogP contribution is 2.17. The van der Waals surface area contributed by atoms with Crippen molar-refractivity contribution in [1.82, 2.24) is 10.2 Å². The predicted molar refractivity (Wildman–Crippen MR) is 80.2 cm³/mol. The Morgan fingerprint density at radius 2 is 1.90 bits per heavy atom. The van der Waals surface area contributed by atoms with Gasteiger partial charge in [-0.2, -0.15) is 0 Å². The summed E-state index contributed by atoms with van der Waals surface area (Å²) in [5, 5.41) is 13.7. The van der Waals surface area contributed by atoms with Crippen molar-refractivity contribution in [3.05, 3.63) is 47.1 Å². The lowest BCUT2D eigenvalue weighted by Gasteiger charge is -2.14. The summed E-state index contributed by atoms with van der Waals surface area (Å²) in [5.41, 5.74) is 1.33. The van der Waals surface area contributed by atoms with Gasteiger partial charge in [-0.1, -0.05) is 23.7 Å². The monoisotopic (exact) mass is 290 g/mol. The molecule has 0 aliphatic rings. The Bertz CT molecular complexity index is 598. The van der Waals surface area contributed by atoms with Crippen LogP contribution in [-0.4, -0.2) is 22.1 Å². The smallest absolute Gasteiger partial charge is 0.258 e. The van der Waals surface area contributed by atoms with Crippen molar-refractivity contribution < 1.29 is 4.79 Å². The second-order valence-electron chi connectivity index (χ2n) is 4.54. The summed E-state index contributed by atoms with van der Waals surface area (Å²) in [4.78, 5) is 12.2. The molecule has 2 rings (SSSR count). The van der Waals surface area contributed by atoms with Crippen molar-refractivity contribution in [2.75, 3.05) is 10.6 Å². The van der Waals surface area contributed by atoms with Gasteiger partial charge in [0.05, 0.1) is 5.56 Å². The molecular weight excluding hydrogens is 276 g/mol. The minimum absolute atomic E-state index is 0.235. The van der Waals surface area contributed by atoms with Crippen LogP contribution < -0.4 is 10.6 Å². The number of hydrogen-bond acceptors (Lipinski definition) is 4. The van der Waals surface area contributed by atoms with E-state index in [1.54, 1.807) is 18.2 Å². The lowest BCUT2D eigenvalue weighted by molar-refractivity contribution is 0.102. The lowest BCUT2D eigenvalue weighted by Crippen LogP contribution is -2.18. The molecule has 0 radical (unpaired) electrons. The molecule has 0 aliphatic heterocycles. The molecule has 0 saturated carbocycles. The van der Waals surface area contributed by atoms with Crippen LogP contribution in [0.2, 0.25) is 5.15 Å². The third-order valence-electron chi connectivity index (χ3n) is 2.49. The normalized spacial score (nSPS) is 10.4. The van der Waals surface area contributed by atoms with Gasteiger partial charge in [0.2, 0.25) is 0 Å². The molecule has 0 aliphatic carbocycles. The molecule has 0 atom stereocenters. The van der Waals surface area contributed by atoms with Crippen molar-refractivity contribution in [2.24, 2.45) is 0 Å². The number of anilines is 2. The summed E-state index contributed by atoms with van der Waals surface area (Å²) < 4.78 is 0. The number of benzene rings is 1. The average molecular weight is 291 g/mol. The molecule has 1 heterocycles. The van der Waals surface area contributed by atoms with Crippen molar-refractivity contribution in [2.45, 2.75) is 19.9 Å². The zero-order valence-electron chi connectivity index (χ0n) is 11.2. The number of carbonyl (C=O) groups excluding carboxylic acids is 1. The highest BCUT2D eigenvalue weighted by Gasteiger charge is 2.12. The molecule has 2 aromatic rings. The number of halogens is 1. The first-order valence-electron chi connectivity index (χ1n) is 6.22. The quantitative estimate of drug-likeness (QED) is 0.907. The highest BCUT2D eigenvalue weighted by atomic mass is 35.5. The molecule has 0 bridgehead atoms. The molecule has 0 fully saturated rings. The number of aromatic nitrogens is 2. The van der Waals surface area contributed by atoms with E-state index in [1.807, 2.05) is 32.0 Å². The Morgan fingerprint density at radius 3 is 2.55 bits per heavy atom. The Balaban J connectivity index is 2.18. The minimum Gasteiger partial charge on any atom is -0.382 e. The van der Waals surface area contributed by atoms with E-state index in [9.17, 15) is 4.79 Å². The van der Waals surface area contributed by atoms with Crippen LogP contribution in [0.15, 0.2) is 36.4 Å². The molecule has 1 aromatic heterocycles. The lowest BCUT2D eigenvalue weighted by atomic mass is 10.1. The van der Waals surface area contributed by atoms with Crippen LogP contribution in [0.3, 0.4) is 0 Å². The van der Waals surface area contributed by atoms with Gasteiger partial charge in [0, 0.05) is 11.7 Å². The Kier molecular flexibility index (Phi) is 4.53. The number of nitrogens with zero attached hydrogens (tertiary/aromatic N) is 2. The number of rotatable bonds is 4. The van der Waals surface area contributed by atoms with E-state index < -0.39 is 0 Å². The summed E-state index contributed by atoms with van der Waals surface area (Å²) in [6.07, 6.45) is 0. The van der Waals surface area contributed by atoms with E-state index in [4.69, 9.17) is 11.6 Å². The maximum absolute atomic E-state index is 12.2. The first-order valence-corrected chi connectivity index (χ1v) is 6.60. The molecule has 5 nitrogen and oxygen atoms in total. The van der Waals surface area contributed by atoms with E-state index in [0.717, 1.165) is 5.69 Å². The van der Waals surface area contributed by atoms with E-state index in [-0.39, 0.29) is 17.1 Å². The summed E-state index contributed by atoms with van der Waals surface area (Å²) in [6.45, 7) is 4.03. The fourth-order valence-corrected chi connectivity index (χ4v) is 1.79. The molecule has 104 valence electrons. The molecule has 0 unspecified atom stereocenters. The van der Waals surface area contributed by atoms with Crippen molar-refractivity contribution >= 4 is 29.0 Å². The summed E-state index contributed by atoms with van der Waals surface area (Å²) in [7, 11) is 0. The van der Waals surface area contributed by atoms with Crippen LogP contribution in [0.1, 0.15) is 24.2 Å². The van der Waals surface area contributed by atoms with Crippen LogP contribution in [-0.2, 0) is 0 Å². The minimum atomic E-state index is -0.245. The van der Waals surface area contributed by atoms with Gasteiger partial charge < -0.3 is 10.6 Å². The largest absolute Gasteiger partial charge is 0.382 e. The fraction of sp³-hybridized carbons (Fsp3) is 0.214. The number of para-hydroxylation sites is 1. The molecule has 0 saturated heterocycles. The maximum atomic E-state index is 12.2. The molecule has 20 heavy (non-hydrogen) atoms. The average Bonchev–Trinajstić information content (AvgIpc) is 2.41. The SMILES string of the molecule is CC(C)Nc1ccccc1C(=O)Nc1ccc(Cl)nn1. The van der Waals surface area contributed by atoms with Gasteiger partial charge in [-0.05, 0) is 38.1 Å². The molecule has 1 aromatic carbocycles. The van der Waals surface area contributed by atoms with E-state index in [2.05, 4.69) is 20.8 Å².